The summed E-state index contributed by atoms with van der Waals surface area (Å²) in [6, 6.07) is 12.0. The maximum absolute atomic E-state index is 6.03. The number of hydrogen-bond donors (Lipinski definition) is 1. The first-order valence-corrected chi connectivity index (χ1v) is 8.82. The Kier molecular flexibility index (Phi) is 3.27. The minimum atomic E-state index is -0.776. The molecule has 0 bridgehead atoms. The molecule has 2 aromatic heterocycles. The molecular formula is C19H13BrN4O2. The molecule has 2 N–H and O–H groups in total. The molecule has 0 aliphatic carbocycles. The van der Waals surface area contributed by atoms with Gasteiger partial charge >= 0.3 is 0 Å². The van der Waals surface area contributed by atoms with Gasteiger partial charge in [-0.05, 0) is 45.8 Å². The number of benzene rings is 1. The Balaban J connectivity index is 1.76. The highest BCUT2D eigenvalue weighted by atomic mass is 79.9. The van der Waals surface area contributed by atoms with E-state index >= 15 is 0 Å². The van der Waals surface area contributed by atoms with Crippen molar-refractivity contribution < 1.29 is 9.47 Å². The molecule has 1 spiro atoms. The molecule has 1 unspecified atom stereocenters. The minimum Gasteiger partial charge on any atom is -0.462 e. The van der Waals surface area contributed by atoms with Crippen LogP contribution in [-0.4, -0.2) is 22.6 Å². The Hall–Kier alpha value is -2.93. The minimum absolute atomic E-state index is 0.163. The number of hydrogen-bond acceptors (Lipinski definition) is 6. The third kappa shape index (κ3) is 2.20. The maximum atomic E-state index is 6.03. The fourth-order valence-corrected chi connectivity index (χ4v) is 3.75. The number of ether oxygens (including phenoxy) is 2. The van der Waals surface area contributed by atoms with Gasteiger partial charge in [0, 0.05) is 34.2 Å². The van der Waals surface area contributed by atoms with Crippen molar-refractivity contribution in [3.05, 3.63) is 70.6 Å². The molecule has 128 valence electrons. The van der Waals surface area contributed by atoms with Crippen LogP contribution in [0.15, 0.2) is 64.5 Å². The number of aromatic nitrogens is 2. The summed E-state index contributed by atoms with van der Waals surface area (Å²) < 4.78 is 12.4. The van der Waals surface area contributed by atoms with E-state index in [0.717, 1.165) is 26.7 Å². The lowest BCUT2D eigenvalue weighted by Crippen LogP contribution is -2.31. The Morgan fingerprint density at radius 3 is 2.77 bits per heavy atom. The number of amidine groups is 1. The molecule has 2 aliphatic heterocycles. The van der Waals surface area contributed by atoms with Gasteiger partial charge in [-0.2, -0.15) is 0 Å². The molecule has 7 heteroatoms. The fourth-order valence-electron chi connectivity index (χ4n) is 3.42. The van der Waals surface area contributed by atoms with Crippen LogP contribution in [0, 0.1) is 0 Å². The standard InChI is InChI=1S/C19H13BrN4O2/c20-13-7-15-17(23-9-13)26-16-4-3-11(12-2-1-5-22-8-12)6-14(16)19(15)10-25-18(21)24-19/h1-9H,10H2,(H2,21,24). The predicted octanol–water partition coefficient (Wildman–Crippen LogP) is 3.60. The number of rotatable bonds is 1. The van der Waals surface area contributed by atoms with Gasteiger partial charge in [0.25, 0.3) is 6.02 Å². The monoisotopic (exact) mass is 408 g/mol. The van der Waals surface area contributed by atoms with E-state index in [1.165, 1.54) is 0 Å². The van der Waals surface area contributed by atoms with E-state index < -0.39 is 5.54 Å². The van der Waals surface area contributed by atoms with E-state index in [-0.39, 0.29) is 6.02 Å². The smallest absolute Gasteiger partial charge is 0.283 e. The SMILES string of the molecule is NC1=NC2(CO1)c1cc(-c3cccnc3)ccc1Oc1ncc(Br)cc12. The molecule has 0 radical (unpaired) electrons. The molecule has 26 heavy (non-hydrogen) atoms. The average molecular weight is 409 g/mol. The van der Waals surface area contributed by atoms with E-state index in [1.54, 1.807) is 12.4 Å². The topological polar surface area (TPSA) is 82.6 Å². The summed E-state index contributed by atoms with van der Waals surface area (Å²) in [5.74, 6) is 1.21. The number of fused-ring (bicyclic) bond motifs is 4. The second-order valence-electron chi connectivity index (χ2n) is 6.16. The zero-order chi connectivity index (χ0) is 17.7. The van der Waals surface area contributed by atoms with Crippen LogP contribution in [0.2, 0.25) is 0 Å². The highest BCUT2D eigenvalue weighted by molar-refractivity contribution is 9.10. The van der Waals surface area contributed by atoms with Crippen molar-refractivity contribution in [1.29, 1.82) is 0 Å². The molecule has 5 rings (SSSR count). The van der Waals surface area contributed by atoms with Crippen LogP contribution in [0.3, 0.4) is 0 Å². The van der Waals surface area contributed by atoms with Crippen LogP contribution in [0.25, 0.3) is 11.1 Å². The molecule has 1 aromatic carbocycles. The third-order valence-electron chi connectivity index (χ3n) is 4.62. The first-order valence-electron chi connectivity index (χ1n) is 8.03. The van der Waals surface area contributed by atoms with Crippen LogP contribution in [0.5, 0.6) is 11.6 Å². The van der Waals surface area contributed by atoms with Crippen LogP contribution >= 0.6 is 15.9 Å². The first-order chi connectivity index (χ1) is 12.7. The van der Waals surface area contributed by atoms with Crippen molar-refractivity contribution in [2.75, 3.05) is 6.61 Å². The van der Waals surface area contributed by atoms with Gasteiger partial charge in [-0.25, -0.2) is 9.98 Å². The fraction of sp³-hybridized carbons (Fsp3) is 0.105. The molecule has 0 saturated carbocycles. The van der Waals surface area contributed by atoms with Crippen molar-refractivity contribution in [1.82, 2.24) is 9.97 Å². The molecule has 0 amide bonds. The van der Waals surface area contributed by atoms with E-state index in [4.69, 9.17) is 15.2 Å². The number of pyridine rings is 2. The summed E-state index contributed by atoms with van der Waals surface area (Å²) in [5, 5.41) is 0. The van der Waals surface area contributed by atoms with E-state index in [0.29, 0.717) is 18.2 Å². The summed E-state index contributed by atoms with van der Waals surface area (Å²) in [6.45, 7) is 0.302. The van der Waals surface area contributed by atoms with Crippen LogP contribution in [0.4, 0.5) is 0 Å². The van der Waals surface area contributed by atoms with E-state index in [9.17, 15) is 0 Å². The van der Waals surface area contributed by atoms with Gasteiger partial charge in [0.15, 0.2) is 5.54 Å². The maximum Gasteiger partial charge on any atom is 0.283 e. The van der Waals surface area contributed by atoms with Crippen molar-refractivity contribution in [3.8, 4) is 22.8 Å². The van der Waals surface area contributed by atoms with Gasteiger partial charge in [-0.3, -0.25) is 4.98 Å². The molecule has 4 heterocycles. The van der Waals surface area contributed by atoms with Crippen molar-refractivity contribution in [3.63, 3.8) is 0 Å². The molecule has 0 fully saturated rings. The largest absolute Gasteiger partial charge is 0.462 e. The first kappa shape index (κ1) is 15.3. The molecule has 0 saturated heterocycles. The second-order valence-corrected chi connectivity index (χ2v) is 7.08. The lowest BCUT2D eigenvalue weighted by Gasteiger charge is -2.33. The lowest BCUT2D eigenvalue weighted by molar-refractivity contribution is 0.262. The zero-order valence-corrected chi connectivity index (χ0v) is 15.1. The Labute approximate surface area is 157 Å². The van der Waals surface area contributed by atoms with Crippen molar-refractivity contribution >= 4 is 22.0 Å². The zero-order valence-electron chi connectivity index (χ0n) is 13.5. The third-order valence-corrected chi connectivity index (χ3v) is 5.05. The number of halogens is 1. The van der Waals surface area contributed by atoms with Gasteiger partial charge < -0.3 is 15.2 Å². The number of nitrogens with zero attached hydrogens (tertiary/aromatic N) is 3. The van der Waals surface area contributed by atoms with Crippen LogP contribution in [0.1, 0.15) is 11.1 Å². The van der Waals surface area contributed by atoms with Gasteiger partial charge in [0.05, 0.1) is 5.56 Å². The Morgan fingerprint density at radius 2 is 2.00 bits per heavy atom. The summed E-state index contributed by atoms with van der Waals surface area (Å²) >= 11 is 3.48. The molecule has 1 atom stereocenters. The van der Waals surface area contributed by atoms with Gasteiger partial charge in [-0.1, -0.05) is 12.1 Å². The van der Waals surface area contributed by atoms with Crippen LogP contribution < -0.4 is 10.5 Å². The van der Waals surface area contributed by atoms with Crippen LogP contribution in [-0.2, 0) is 10.3 Å². The second kappa shape index (κ2) is 5.54. The van der Waals surface area contributed by atoms with Gasteiger partial charge in [0.2, 0.25) is 5.88 Å². The molecule has 6 nitrogen and oxygen atoms in total. The average Bonchev–Trinajstić information content (AvgIpc) is 3.06. The van der Waals surface area contributed by atoms with E-state index in [2.05, 4.69) is 37.0 Å². The number of aliphatic imine (C=N–C) groups is 1. The lowest BCUT2D eigenvalue weighted by atomic mass is 9.81. The summed E-state index contributed by atoms with van der Waals surface area (Å²) in [5.41, 5.74) is 8.86. The molecular weight excluding hydrogens is 396 g/mol. The number of nitrogens with two attached hydrogens (primary N) is 1. The highest BCUT2D eigenvalue weighted by Crippen LogP contribution is 2.51. The quantitative estimate of drug-likeness (QED) is 0.664. The molecule has 3 aromatic rings. The normalized spacial score (nSPS) is 20.0. The van der Waals surface area contributed by atoms with Crippen molar-refractivity contribution in [2.45, 2.75) is 5.54 Å². The van der Waals surface area contributed by atoms with Gasteiger partial charge in [0.1, 0.15) is 12.4 Å². The molecule has 2 aliphatic rings. The summed E-state index contributed by atoms with van der Waals surface area (Å²) in [4.78, 5) is 13.3. The van der Waals surface area contributed by atoms with Gasteiger partial charge in [-0.15, -0.1) is 0 Å². The summed E-state index contributed by atoms with van der Waals surface area (Å²) in [7, 11) is 0. The Morgan fingerprint density at radius 1 is 1.08 bits per heavy atom. The summed E-state index contributed by atoms with van der Waals surface area (Å²) in [6.07, 6.45) is 5.28. The van der Waals surface area contributed by atoms with Crippen molar-refractivity contribution in [2.24, 2.45) is 10.7 Å². The highest BCUT2D eigenvalue weighted by Gasteiger charge is 2.47. The van der Waals surface area contributed by atoms with E-state index in [1.807, 2.05) is 36.5 Å². The predicted molar refractivity (Wildman–Crippen MR) is 100 cm³/mol. The Bertz CT molecular complexity index is 1050.